The molecule has 0 unspecified atom stereocenters. The van der Waals surface area contributed by atoms with E-state index in [4.69, 9.17) is 0 Å². The summed E-state index contributed by atoms with van der Waals surface area (Å²) in [5, 5.41) is 3.60. The summed E-state index contributed by atoms with van der Waals surface area (Å²) in [6.07, 6.45) is -3.27. The third kappa shape index (κ3) is 5.11. The Morgan fingerprint density at radius 3 is 1.74 bits per heavy atom. The predicted octanol–water partition coefficient (Wildman–Crippen LogP) is 6.09. The molecule has 2 N–H and O–H groups in total. The van der Waals surface area contributed by atoms with Gasteiger partial charge in [-0.25, -0.2) is 8.78 Å². The van der Waals surface area contributed by atoms with Gasteiger partial charge in [0.2, 0.25) is 5.91 Å². The van der Waals surface area contributed by atoms with Crippen molar-refractivity contribution >= 4 is 34.8 Å². The summed E-state index contributed by atoms with van der Waals surface area (Å²) in [4.78, 5) is 50.9. The molecule has 0 heterocycles. The van der Waals surface area contributed by atoms with Crippen LogP contribution in [0.5, 0.6) is 0 Å². The Kier molecular flexibility index (Phi) is 8.18. The second-order valence-electron chi connectivity index (χ2n) is 8.65. The number of benzene rings is 2. The van der Waals surface area contributed by atoms with E-state index in [-0.39, 0.29) is 23.2 Å². The number of carbonyl (C=O) groups excluding carboxylic acids is 4. The molecule has 0 atom stereocenters. The molecule has 0 bridgehead atoms. The average molecular weight is 564 g/mol. The number of carbonyl (C=O) groups is 4. The molecular weight excluding hydrogens is 544 g/mol. The van der Waals surface area contributed by atoms with Crippen LogP contribution in [0.25, 0.3) is 0 Å². The number of fused-ring (bicyclic) bond motifs is 2. The lowest BCUT2D eigenvalue weighted by atomic mass is 9.82. The van der Waals surface area contributed by atoms with Crippen LogP contribution in [0.4, 0.5) is 46.5 Å². The van der Waals surface area contributed by atoms with Gasteiger partial charge in [0.15, 0.2) is 11.6 Å². The van der Waals surface area contributed by atoms with Crippen molar-refractivity contribution in [3.8, 4) is 0 Å². The minimum atomic E-state index is -6.84. The van der Waals surface area contributed by atoms with E-state index >= 15 is 0 Å². The fourth-order valence-electron chi connectivity index (χ4n) is 3.87. The Labute approximate surface area is 215 Å². The van der Waals surface area contributed by atoms with Crippen LogP contribution in [-0.4, -0.2) is 47.6 Å². The van der Waals surface area contributed by atoms with Crippen LogP contribution < -0.4 is 10.6 Å². The summed E-state index contributed by atoms with van der Waals surface area (Å²) in [5.41, 5.74) is -3.03. The van der Waals surface area contributed by atoms with Gasteiger partial charge in [0.05, 0.1) is 22.5 Å². The van der Waals surface area contributed by atoms with Crippen molar-refractivity contribution in [2.75, 3.05) is 10.6 Å². The highest BCUT2D eigenvalue weighted by atomic mass is 19.4. The molecule has 0 aliphatic heterocycles. The third-order valence-corrected chi connectivity index (χ3v) is 5.98. The predicted molar refractivity (Wildman–Crippen MR) is 122 cm³/mol. The van der Waals surface area contributed by atoms with Gasteiger partial charge < -0.3 is 10.6 Å². The number of hydrogen-bond acceptors (Lipinski definition) is 4. The smallest absolute Gasteiger partial charge is 0.325 e. The number of rotatable bonds is 10. The molecule has 210 valence electrons. The van der Waals surface area contributed by atoms with Gasteiger partial charge in [0.1, 0.15) is 0 Å². The third-order valence-electron chi connectivity index (χ3n) is 5.98. The van der Waals surface area contributed by atoms with E-state index in [9.17, 15) is 54.3 Å². The van der Waals surface area contributed by atoms with Crippen molar-refractivity contribution in [1.82, 2.24) is 0 Å². The highest BCUT2D eigenvalue weighted by molar-refractivity contribution is 6.32. The van der Waals surface area contributed by atoms with Gasteiger partial charge in [-0.2, -0.15) is 26.3 Å². The van der Waals surface area contributed by atoms with Crippen molar-refractivity contribution in [2.24, 2.45) is 0 Å². The number of amides is 2. The number of nitrogens with one attached hydrogen (secondary N) is 2. The molecule has 14 heteroatoms. The first-order valence-electron chi connectivity index (χ1n) is 11.5. The molecule has 2 aromatic rings. The van der Waals surface area contributed by atoms with Crippen LogP contribution in [0.1, 0.15) is 64.4 Å². The Hall–Kier alpha value is -3.84. The summed E-state index contributed by atoms with van der Waals surface area (Å²) in [7, 11) is 0. The van der Waals surface area contributed by atoms with E-state index in [2.05, 4.69) is 5.32 Å². The minimum Gasteiger partial charge on any atom is -0.325 e. The molecule has 2 aromatic carbocycles. The molecule has 0 aromatic heterocycles. The van der Waals surface area contributed by atoms with Gasteiger partial charge in [-0.3, -0.25) is 19.2 Å². The van der Waals surface area contributed by atoms with Gasteiger partial charge in [0.25, 0.3) is 0 Å². The van der Waals surface area contributed by atoms with Crippen LogP contribution in [-0.2, 0) is 9.59 Å². The summed E-state index contributed by atoms with van der Waals surface area (Å²) in [5.74, 6) is -25.5. The highest BCUT2D eigenvalue weighted by Crippen LogP contribution is 2.49. The Balaban J connectivity index is 2.08. The van der Waals surface area contributed by atoms with E-state index < -0.39 is 64.4 Å². The fourth-order valence-corrected chi connectivity index (χ4v) is 3.87. The molecular formula is C25H20F8N2O4. The maximum atomic E-state index is 14.2. The second kappa shape index (κ2) is 10.7. The highest BCUT2D eigenvalue weighted by Gasteiger charge is 2.78. The van der Waals surface area contributed by atoms with Crippen molar-refractivity contribution in [2.45, 2.75) is 56.8 Å². The van der Waals surface area contributed by atoms with Crippen LogP contribution >= 0.6 is 0 Å². The van der Waals surface area contributed by atoms with E-state index in [1.54, 1.807) is 0 Å². The topological polar surface area (TPSA) is 92.3 Å². The van der Waals surface area contributed by atoms with E-state index in [1.165, 1.54) is 29.6 Å². The summed E-state index contributed by atoms with van der Waals surface area (Å²) in [6, 6.07) is 6.78. The first kappa shape index (κ1) is 29.7. The SMILES string of the molecule is CCCCCC(=O)Nc1ccc(NC(=O)C(F)(F)C(F)(F)C(F)(F)C(F)F)c2c1C(=O)c1ccccc1C2=O. The lowest BCUT2D eigenvalue weighted by Gasteiger charge is -2.31. The molecule has 0 spiro atoms. The first-order chi connectivity index (χ1) is 18.1. The van der Waals surface area contributed by atoms with Gasteiger partial charge in [-0.15, -0.1) is 0 Å². The lowest BCUT2D eigenvalue weighted by molar-refractivity contribution is -0.326. The van der Waals surface area contributed by atoms with Crippen molar-refractivity contribution in [3.05, 3.63) is 58.7 Å². The Bertz CT molecular complexity index is 1330. The van der Waals surface area contributed by atoms with Crippen molar-refractivity contribution < 1.29 is 54.3 Å². The van der Waals surface area contributed by atoms with Crippen LogP contribution in [0, 0.1) is 0 Å². The Morgan fingerprint density at radius 2 is 1.28 bits per heavy atom. The largest absolute Gasteiger partial charge is 0.393 e. The molecule has 2 amide bonds. The Morgan fingerprint density at radius 1 is 0.795 bits per heavy atom. The van der Waals surface area contributed by atoms with Crippen molar-refractivity contribution in [1.29, 1.82) is 0 Å². The zero-order valence-electron chi connectivity index (χ0n) is 20.0. The number of ketones is 2. The van der Waals surface area contributed by atoms with E-state index in [0.717, 1.165) is 12.5 Å². The molecule has 3 rings (SSSR count). The van der Waals surface area contributed by atoms with E-state index in [0.29, 0.717) is 18.9 Å². The maximum absolute atomic E-state index is 14.2. The molecule has 0 fully saturated rings. The van der Waals surface area contributed by atoms with Crippen LogP contribution in [0.3, 0.4) is 0 Å². The number of halogens is 8. The summed E-state index contributed by atoms with van der Waals surface area (Å²) < 4.78 is 107. The van der Waals surface area contributed by atoms with Crippen LogP contribution in [0.15, 0.2) is 36.4 Å². The zero-order valence-corrected chi connectivity index (χ0v) is 20.0. The maximum Gasteiger partial charge on any atom is 0.393 e. The van der Waals surface area contributed by atoms with Gasteiger partial charge in [0, 0.05) is 17.5 Å². The average Bonchev–Trinajstić information content (AvgIpc) is 2.87. The van der Waals surface area contributed by atoms with E-state index in [1.807, 2.05) is 6.92 Å². The van der Waals surface area contributed by atoms with Crippen LogP contribution in [0.2, 0.25) is 0 Å². The summed E-state index contributed by atoms with van der Waals surface area (Å²) in [6.45, 7) is 1.89. The summed E-state index contributed by atoms with van der Waals surface area (Å²) >= 11 is 0. The lowest BCUT2D eigenvalue weighted by Crippen LogP contribution is -2.61. The molecule has 1 aliphatic rings. The van der Waals surface area contributed by atoms with Crippen molar-refractivity contribution in [3.63, 3.8) is 0 Å². The zero-order chi connectivity index (χ0) is 29.3. The second-order valence-corrected chi connectivity index (χ2v) is 8.65. The van der Waals surface area contributed by atoms with Gasteiger partial charge >= 0.3 is 30.1 Å². The number of anilines is 2. The fraction of sp³-hybridized carbons (Fsp3) is 0.360. The molecule has 6 nitrogen and oxygen atoms in total. The number of alkyl halides is 8. The number of hydrogen-bond donors (Lipinski definition) is 2. The monoisotopic (exact) mass is 564 g/mol. The molecule has 0 saturated heterocycles. The quantitative estimate of drug-likeness (QED) is 0.230. The number of unbranched alkanes of at least 4 members (excludes halogenated alkanes) is 2. The molecule has 0 saturated carbocycles. The van der Waals surface area contributed by atoms with Gasteiger partial charge in [-0.1, -0.05) is 44.0 Å². The molecule has 1 aliphatic carbocycles. The first-order valence-corrected chi connectivity index (χ1v) is 11.5. The molecule has 0 radical (unpaired) electrons. The minimum absolute atomic E-state index is 0.0134. The van der Waals surface area contributed by atoms with Gasteiger partial charge in [-0.05, 0) is 18.6 Å². The standard InChI is InChI=1S/C25H20F8N2O4/c1-2-3-4-9-16(36)34-14-10-11-15(18-17(14)19(37)12-7-5-6-8-13(12)20(18)38)35-22(39)24(30,31)25(32,33)23(28,29)21(26)27/h5-8,10-11,21H,2-4,9H2,1H3,(H,34,36)(H,35,39). The molecule has 39 heavy (non-hydrogen) atoms. The normalized spacial score (nSPS) is 13.7.